The van der Waals surface area contributed by atoms with Gasteiger partial charge in [-0.1, -0.05) is 42.5 Å². The first kappa shape index (κ1) is 11.7. The Bertz CT molecular complexity index is 431. The number of benzene rings is 2. The molecule has 0 aromatic heterocycles. The van der Waals surface area contributed by atoms with Crippen LogP contribution >= 0.6 is 0 Å². The molecule has 0 heterocycles. The third-order valence-corrected chi connectivity index (χ3v) is 2.76. The smallest absolute Gasteiger partial charge is 0.118 e. The van der Waals surface area contributed by atoms with Crippen molar-refractivity contribution in [1.82, 2.24) is 0 Å². The van der Waals surface area contributed by atoms with Crippen molar-refractivity contribution >= 4 is 0 Å². The Morgan fingerprint density at radius 2 is 1.41 bits per heavy atom. The Morgan fingerprint density at radius 3 is 2.00 bits per heavy atom. The van der Waals surface area contributed by atoms with Crippen LogP contribution in [0.1, 0.15) is 11.1 Å². The number of hydrogen-bond donors (Lipinski definition) is 0. The van der Waals surface area contributed by atoms with Crippen LogP contribution in [0, 0.1) is 6.42 Å². The lowest BCUT2D eigenvalue weighted by molar-refractivity contribution is 0.414. The van der Waals surface area contributed by atoms with Crippen molar-refractivity contribution in [3.05, 3.63) is 72.1 Å². The molecule has 0 amide bonds. The Labute approximate surface area is 103 Å². The topological polar surface area (TPSA) is 9.23 Å². The van der Waals surface area contributed by atoms with E-state index in [4.69, 9.17) is 4.74 Å². The quantitative estimate of drug-likeness (QED) is 0.754. The van der Waals surface area contributed by atoms with E-state index in [2.05, 4.69) is 42.8 Å². The number of ether oxygens (including phenoxy) is 1. The predicted molar refractivity (Wildman–Crippen MR) is 71.1 cm³/mol. The maximum Gasteiger partial charge on any atom is 0.118 e. The van der Waals surface area contributed by atoms with Crippen molar-refractivity contribution in [1.29, 1.82) is 0 Å². The van der Waals surface area contributed by atoms with E-state index in [9.17, 15) is 0 Å². The Morgan fingerprint density at radius 1 is 0.824 bits per heavy atom. The molecule has 2 rings (SSSR count). The largest absolute Gasteiger partial charge is 0.497 e. The van der Waals surface area contributed by atoms with Crippen LogP contribution in [0.3, 0.4) is 0 Å². The van der Waals surface area contributed by atoms with Crippen molar-refractivity contribution in [2.45, 2.75) is 12.8 Å². The van der Waals surface area contributed by atoms with E-state index >= 15 is 0 Å². The van der Waals surface area contributed by atoms with Crippen LogP contribution in [0.5, 0.6) is 5.75 Å². The highest BCUT2D eigenvalue weighted by Crippen LogP contribution is 2.13. The minimum atomic E-state index is 0.914. The lowest BCUT2D eigenvalue weighted by atomic mass is 10.0. The third-order valence-electron chi connectivity index (χ3n) is 2.76. The van der Waals surface area contributed by atoms with Crippen molar-refractivity contribution < 1.29 is 4.74 Å². The summed E-state index contributed by atoms with van der Waals surface area (Å²) in [6.45, 7) is 0. The van der Waals surface area contributed by atoms with Gasteiger partial charge < -0.3 is 4.74 Å². The second kappa shape index (κ2) is 6.09. The van der Waals surface area contributed by atoms with Crippen molar-refractivity contribution in [3.8, 4) is 5.75 Å². The molecule has 1 nitrogen and oxygen atoms in total. The Hall–Kier alpha value is -1.76. The average molecular weight is 225 g/mol. The van der Waals surface area contributed by atoms with Gasteiger partial charge in [-0.3, -0.25) is 0 Å². The van der Waals surface area contributed by atoms with Gasteiger partial charge in [0, 0.05) is 0 Å². The van der Waals surface area contributed by atoms with Gasteiger partial charge in [0.05, 0.1) is 7.11 Å². The van der Waals surface area contributed by atoms with E-state index in [-0.39, 0.29) is 0 Å². The molecule has 1 heteroatoms. The van der Waals surface area contributed by atoms with Crippen LogP contribution in [0.4, 0.5) is 0 Å². The van der Waals surface area contributed by atoms with E-state index in [1.54, 1.807) is 7.11 Å². The lowest BCUT2D eigenvalue weighted by Crippen LogP contribution is -1.91. The van der Waals surface area contributed by atoms with Crippen molar-refractivity contribution in [3.63, 3.8) is 0 Å². The fourth-order valence-electron chi connectivity index (χ4n) is 1.78. The van der Waals surface area contributed by atoms with Gasteiger partial charge in [-0.2, -0.15) is 0 Å². The molecular formula is C16H17O. The Kier molecular flexibility index (Phi) is 4.20. The molecule has 0 spiro atoms. The molecule has 0 aliphatic rings. The molecule has 0 atom stereocenters. The standard InChI is InChI=1S/C16H17O/c1-17-16-12-10-15(11-13-16)9-5-8-14-6-3-2-4-7-14/h2-7,10-13H,8-9H2,1H3. The van der Waals surface area contributed by atoms with E-state index < -0.39 is 0 Å². The summed E-state index contributed by atoms with van der Waals surface area (Å²) < 4.78 is 5.13. The van der Waals surface area contributed by atoms with E-state index in [0.29, 0.717) is 0 Å². The van der Waals surface area contributed by atoms with Gasteiger partial charge in [0.15, 0.2) is 0 Å². The number of methoxy groups -OCH3 is 1. The maximum atomic E-state index is 5.13. The van der Waals surface area contributed by atoms with Crippen molar-refractivity contribution in [2.75, 3.05) is 7.11 Å². The van der Waals surface area contributed by atoms with E-state index in [1.165, 1.54) is 11.1 Å². The zero-order valence-corrected chi connectivity index (χ0v) is 10.1. The summed E-state index contributed by atoms with van der Waals surface area (Å²) in [5.41, 5.74) is 2.68. The molecule has 1 radical (unpaired) electrons. The predicted octanol–water partition coefficient (Wildman–Crippen LogP) is 3.68. The van der Waals surface area contributed by atoms with Gasteiger partial charge in [0.25, 0.3) is 0 Å². The summed E-state index contributed by atoms with van der Waals surface area (Å²) >= 11 is 0. The first-order valence-electron chi connectivity index (χ1n) is 5.87. The summed E-state index contributed by atoms with van der Waals surface area (Å²) in [4.78, 5) is 0. The van der Waals surface area contributed by atoms with Gasteiger partial charge >= 0.3 is 0 Å². The number of hydrogen-bond acceptors (Lipinski definition) is 1. The van der Waals surface area contributed by atoms with E-state index in [1.807, 2.05) is 18.2 Å². The minimum Gasteiger partial charge on any atom is -0.497 e. The lowest BCUT2D eigenvalue weighted by Gasteiger charge is -2.03. The highest BCUT2D eigenvalue weighted by atomic mass is 16.5. The summed E-state index contributed by atoms with van der Waals surface area (Å²) in [6.07, 6.45) is 4.32. The summed E-state index contributed by atoms with van der Waals surface area (Å²) in [5.74, 6) is 0.914. The molecule has 0 unspecified atom stereocenters. The maximum absolute atomic E-state index is 5.13. The number of rotatable bonds is 5. The van der Waals surface area contributed by atoms with Gasteiger partial charge in [0.2, 0.25) is 0 Å². The molecule has 0 aliphatic heterocycles. The molecule has 17 heavy (non-hydrogen) atoms. The molecule has 0 saturated heterocycles. The first-order chi connectivity index (χ1) is 8.38. The summed E-state index contributed by atoms with van der Waals surface area (Å²) in [6, 6.07) is 18.8. The highest BCUT2D eigenvalue weighted by Gasteiger charge is 1.96. The van der Waals surface area contributed by atoms with Gasteiger partial charge in [-0.25, -0.2) is 0 Å². The average Bonchev–Trinajstić information content (AvgIpc) is 2.41. The van der Waals surface area contributed by atoms with Crippen LogP contribution in [0.25, 0.3) is 0 Å². The molecule has 87 valence electrons. The van der Waals surface area contributed by atoms with Gasteiger partial charge in [-0.05, 0) is 42.5 Å². The van der Waals surface area contributed by atoms with Crippen LogP contribution < -0.4 is 4.74 Å². The molecular weight excluding hydrogens is 208 g/mol. The summed E-state index contributed by atoms with van der Waals surface area (Å²) in [5, 5.41) is 0. The zero-order valence-electron chi connectivity index (χ0n) is 10.1. The molecule has 2 aromatic rings. The second-order valence-electron chi connectivity index (χ2n) is 4.03. The fraction of sp³-hybridized carbons (Fsp3) is 0.188. The SMILES string of the molecule is COc1ccc(C[CH]Cc2ccccc2)cc1. The second-order valence-corrected chi connectivity index (χ2v) is 4.03. The zero-order chi connectivity index (χ0) is 11.9. The Balaban J connectivity index is 1.82. The first-order valence-corrected chi connectivity index (χ1v) is 5.87. The van der Waals surface area contributed by atoms with Crippen LogP contribution in [0.2, 0.25) is 0 Å². The molecule has 0 aliphatic carbocycles. The molecule has 0 bridgehead atoms. The van der Waals surface area contributed by atoms with Crippen molar-refractivity contribution in [2.24, 2.45) is 0 Å². The fourth-order valence-corrected chi connectivity index (χ4v) is 1.78. The van der Waals surface area contributed by atoms with Gasteiger partial charge in [0.1, 0.15) is 5.75 Å². The third kappa shape index (κ3) is 3.63. The molecule has 0 fully saturated rings. The highest BCUT2D eigenvalue weighted by molar-refractivity contribution is 5.28. The van der Waals surface area contributed by atoms with Crippen LogP contribution in [0.15, 0.2) is 54.6 Å². The normalized spacial score (nSPS) is 10.2. The van der Waals surface area contributed by atoms with Gasteiger partial charge in [-0.15, -0.1) is 0 Å². The molecule has 2 aromatic carbocycles. The van der Waals surface area contributed by atoms with E-state index in [0.717, 1.165) is 18.6 Å². The molecule has 0 N–H and O–H groups in total. The minimum absolute atomic E-state index is 0.914. The summed E-state index contributed by atoms with van der Waals surface area (Å²) in [7, 11) is 1.69. The van der Waals surface area contributed by atoms with Crippen LogP contribution in [-0.2, 0) is 12.8 Å². The monoisotopic (exact) mass is 225 g/mol. The molecule has 0 saturated carbocycles. The van der Waals surface area contributed by atoms with Crippen LogP contribution in [-0.4, -0.2) is 7.11 Å².